The molecule has 0 heterocycles. The lowest BCUT2D eigenvalue weighted by Gasteiger charge is -2.20. The molecule has 5 heteroatoms. The molecular weight excluding hydrogens is 284 g/mol. The van der Waals surface area contributed by atoms with Crippen LogP contribution in [0, 0.1) is 11.6 Å². The summed E-state index contributed by atoms with van der Waals surface area (Å²) in [6.45, 7) is 0. The van der Waals surface area contributed by atoms with E-state index in [0.717, 1.165) is 0 Å². The molecule has 0 bridgehead atoms. The van der Waals surface area contributed by atoms with Crippen LogP contribution >= 0.6 is 11.6 Å². The Morgan fingerprint density at radius 3 is 2.50 bits per heavy atom. The van der Waals surface area contributed by atoms with E-state index >= 15 is 0 Å². The second kappa shape index (κ2) is 6.20. The van der Waals surface area contributed by atoms with Gasteiger partial charge in [-0.3, -0.25) is 0 Å². The van der Waals surface area contributed by atoms with Gasteiger partial charge < -0.3 is 10.1 Å². The molecule has 2 aromatic carbocycles. The minimum absolute atomic E-state index is 0.154. The van der Waals surface area contributed by atoms with Crippen molar-refractivity contribution in [1.82, 2.24) is 5.32 Å². The Kier molecular flexibility index (Phi) is 4.57. The van der Waals surface area contributed by atoms with Crippen molar-refractivity contribution < 1.29 is 13.5 Å². The average Bonchev–Trinajstić information content (AvgIpc) is 2.43. The second-order valence-electron chi connectivity index (χ2n) is 4.25. The first-order chi connectivity index (χ1) is 9.58. The maximum Gasteiger partial charge on any atom is 0.170 e. The van der Waals surface area contributed by atoms with Crippen molar-refractivity contribution in [3.05, 3.63) is 64.2 Å². The van der Waals surface area contributed by atoms with Gasteiger partial charge in [-0.2, -0.15) is 0 Å². The summed E-state index contributed by atoms with van der Waals surface area (Å²) in [5.74, 6) is -0.740. The van der Waals surface area contributed by atoms with Crippen LogP contribution in [0.1, 0.15) is 17.2 Å². The Labute approximate surface area is 121 Å². The molecule has 1 unspecified atom stereocenters. The van der Waals surface area contributed by atoms with Gasteiger partial charge in [0.05, 0.1) is 13.2 Å². The Balaban J connectivity index is 2.52. The summed E-state index contributed by atoms with van der Waals surface area (Å²) < 4.78 is 32.4. The van der Waals surface area contributed by atoms with Crippen LogP contribution < -0.4 is 10.1 Å². The van der Waals surface area contributed by atoms with Gasteiger partial charge in [-0.25, -0.2) is 8.78 Å². The van der Waals surface area contributed by atoms with Crippen LogP contribution in [-0.4, -0.2) is 14.2 Å². The Morgan fingerprint density at radius 2 is 1.90 bits per heavy atom. The number of nitrogens with one attached hydrogen (secondary N) is 1. The fourth-order valence-corrected chi connectivity index (χ4v) is 2.40. The van der Waals surface area contributed by atoms with Crippen LogP contribution in [0.4, 0.5) is 8.78 Å². The predicted molar refractivity (Wildman–Crippen MR) is 75.3 cm³/mol. The zero-order valence-corrected chi connectivity index (χ0v) is 11.8. The first kappa shape index (κ1) is 14.8. The number of benzene rings is 2. The molecule has 1 atom stereocenters. The van der Waals surface area contributed by atoms with E-state index in [4.69, 9.17) is 16.3 Å². The zero-order chi connectivity index (χ0) is 14.7. The second-order valence-corrected chi connectivity index (χ2v) is 4.66. The molecule has 2 nitrogen and oxygen atoms in total. The molecule has 0 saturated carbocycles. The number of ether oxygens (including phenoxy) is 1. The topological polar surface area (TPSA) is 21.3 Å². The average molecular weight is 298 g/mol. The summed E-state index contributed by atoms with van der Waals surface area (Å²) in [5.41, 5.74) is 0.989. The van der Waals surface area contributed by atoms with Gasteiger partial charge in [0.1, 0.15) is 5.82 Å². The summed E-state index contributed by atoms with van der Waals surface area (Å²) in [7, 11) is 3.09. The highest BCUT2D eigenvalue weighted by Gasteiger charge is 2.21. The van der Waals surface area contributed by atoms with Crippen molar-refractivity contribution in [1.29, 1.82) is 0 Å². The van der Waals surface area contributed by atoms with Crippen LogP contribution in [0.25, 0.3) is 0 Å². The highest BCUT2D eigenvalue weighted by Crippen LogP contribution is 2.32. The first-order valence-corrected chi connectivity index (χ1v) is 6.41. The molecule has 2 aromatic rings. The van der Waals surface area contributed by atoms with Crippen molar-refractivity contribution in [2.45, 2.75) is 6.04 Å². The molecule has 0 aliphatic rings. The fraction of sp³-hybridized carbons (Fsp3) is 0.200. The smallest absolute Gasteiger partial charge is 0.170 e. The van der Waals surface area contributed by atoms with Gasteiger partial charge in [0.2, 0.25) is 0 Å². The number of hydrogen-bond acceptors (Lipinski definition) is 2. The summed E-state index contributed by atoms with van der Waals surface area (Å²) in [4.78, 5) is 0. The summed E-state index contributed by atoms with van der Waals surface area (Å²) in [6, 6.07) is 8.43. The fourth-order valence-electron chi connectivity index (χ4n) is 2.12. The van der Waals surface area contributed by atoms with Gasteiger partial charge in [-0.15, -0.1) is 0 Å². The molecule has 0 aliphatic heterocycles. The molecular formula is C15H14ClF2NO. The number of hydrogen-bond donors (Lipinski definition) is 1. The molecule has 2 rings (SSSR count). The molecule has 0 saturated heterocycles. The third-order valence-electron chi connectivity index (χ3n) is 3.09. The van der Waals surface area contributed by atoms with E-state index in [1.54, 1.807) is 19.2 Å². The van der Waals surface area contributed by atoms with E-state index in [0.29, 0.717) is 11.1 Å². The molecule has 0 aromatic heterocycles. The monoisotopic (exact) mass is 297 g/mol. The molecule has 0 fully saturated rings. The lowest BCUT2D eigenvalue weighted by Crippen LogP contribution is -2.19. The maximum atomic E-state index is 14.3. The quantitative estimate of drug-likeness (QED) is 0.923. The molecule has 20 heavy (non-hydrogen) atoms. The van der Waals surface area contributed by atoms with Crippen molar-refractivity contribution >= 4 is 11.6 Å². The van der Waals surface area contributed by atoms with E-state index in [1.807, 2.05) is 0 Å². The van der Waals surface area contributed by atoms with E-state index in [-0.39, 0.29) is 10.8 Å². The highest BCUT2D eigenvalue weighted by molar-refractivity contribution is 6.31. The van der Waals surface area contributed by atoms with Gasteiger partial charge in [0.15, 0.2) is 11.6 Å². The minimum atomic E-state index is -0.488. The predicted octanol–water partition coefficient (Wildman–Crippen LogP) is 3.94. The van der Waals surface area contributed by atoms with Crippen LogP contribution in [0.3, 0.4) is 0 Å². The van der Waals surface area contributed by atoms with Crippen LogP contribution in [-0.2, 0) is 0 Å². The number of rotatable bonds is 4. The van der Waals surface area contributed by atoms with Crippen LogP contribution in [0.2, 0.25) is 5.02 Å². The summed E-state index contributed by atoms with van der Waals surface area (Å²) >= 11 is 6.05. The van der Waals surface area contributed by atoms with E-state index < -0.39 is 17.7 Å². The summed E-state index contributed by atoms with van der Waals surface area (Å²) in [6.07, 6.45) is 0. The zero-order valence-electron chi connectivity index (χ0n) is 11.1. The number of methoxy groups -OCH3 is 1. The van der Waals surface area contributed by atoms with Gasteiger partial charge in [-0.05, 0) is 30.8 Å². The van der Waals surface area contributed by atoms with Crippen molar-refractivity contribution in [3.63, 3.8) is 0 Å². The molecule has 106 valence electrons. The van der Waals surface area contributed by atoms with Crippen molar-refractivity contribution in [2.75, 3.05) is 14.2 Å². The van der Waals surface area contributed by atoms with E-state index in [1.165, 1.54) is 31.4 Å². The van der Waals surface area contributed by atoms with Gasteiger partial charge in [0, 0.05) is 10.6 Å². The third kappa shape index (κ3) is 2.76. The largest absolute Gasteiger partial charge is 0.494 e. The highest BCUT2D eigenvalue weighted by atomic mass is 35.5. The summed E-state index contributed by atoms with van der Waals surface area (Å²) in [5, 5.41) is 3.23. The Hall–Kier alpha value is -1.65. The van der Waals surface area contributed by atoms with Gasteiger partial charge in [0.25, 0.3) is 0 Å². The van der Waals surface area contributed by atoms with E-state index in [9.17, 15) is 8.78 Å². The maximum absolute atomic E-state index is 14.3. The lowest BCUT2D eigenvalue weighted by molar-refractivity contribution is 0.382. The standard InChI is InChI=1S/C15H14ClF2NO/c1-19-15(10-7-6-9(17)8-12(10)16)11-4-3-5-13(20-2)14(11)18/h3-8,15,19H,1-2H3. The molecule has 1 N–H and O–H groups in total. The normalized spacial score (nSPS) is 12.2. The van der Waals surface area contributed by atoms with Gasteiger partial charge in [-0.1, -0.05) is 29.8 Å². The van der Waals surface area contributed by atoms with Crippen LogP contribution in [0.5, 0.6) is 5.75 Å². The van der Waals surface area contributed by atoms with Crippen molar-refractivity contribution in [2.24, 2.45) is 0 Å². The van der Waals surface area contributed by atoms with Gasteiger partial charge >= 0.3 is 0 Å². The molecule has 0 radical (unpaired) electrons. The molecule has 0 spiro atoms. The third-order valence-corrected chi connectivity index (χ3v) is 3.41. The lowest BCUT2D eigenvalue weighted by atomic mass is 9.98. The number of halogens is 3. The SMILES string of the molecule is CNC(c1ccc(F)cc1Cl)c1cccc(OC)c1F. The molecule has 0 aliphatic carbocycles. The van der Waals surface area contributed by atoms with Crippen LogP contribution in [0.15, 0.2) is 36.4 Å². The molecule has 0 amide bonds. The minimum Gasteiger partial charge on any atom is -0.494 e. The Morgan fingerprint density at radius 1 is 1.15 bits per heavy atom. The van der Waals surface area contributed by atoms with Crippen molar-refractivity contribution in [3.8, 4) is 5.75 Å². The first-order valence-electron chi connectivity index (χ1n) is 6.03. The Bertz CT molecular complexity index is 619. The van der Waals surface area contributed by atoms with E-state index in [2.05, 4.69) is 5.32 Å².